The number of hydrogen-bond acceptors (Lipinski definition) is 11. The summed E-state index contributed by atoms with van der Waals surface area (Å²) in [6.07, 6.45) is 56.1. The second-order valence-corrected chi connectivity index (χ2v) is 22.3. The van der Waals surface area contributed by atoms with Gasteiger partial charge in [-0.3, -0.25) is 9.35 Å². The summed E-state index contributed by atoms with van der Waals surface area (Å²) in [5.74, 6) is -0.397. The maximum absolute atomic E-state index is 13.0. The first-order valence-electron chi connectivity index (χ1n) is 30.7. The van der Waals surface area contributed by atoms with Crippen LogP contribution < -0.4 is 0 Å². The van der Waals surface area contributed by atoms with Gasteiger partial charge in [0.25, 0.3) is 0 Å². The molecule has 1 aliphatic rings. The number of esters is 1. The Morgan fingerprint density at radius 3 is 1.30 bits per heavy atom. The van der Waals surface area contributed by atoms with Gasteiger partial charge in [0.2, 0.25) is 0 Å². The van der Waals surface area contributed by atoms with E-state index in [1.807, 2.05) is 0 Å². The molecule has 4 N–H and O–H groups in total. The molecule has 6 unspecified atom stereocenters. The van der Waals surface area contributed by atoms with Crippen molar-refractivity contribution in [3.63, 3.8) is 0 Å². The fourth-order valence-electron chi connectivity index (χ4n) is 9.58. The minimum absolute atomic E-state index is 0.0376. The third-order valence-corrected chi connectivity index (χ3v) is 14.7. The minimum Gasteiger partial charge on any atom is -0.457 e. The molecule has 1 heterocycles. The molecule has 6 atom stereocenters. The molecule has 1 saturated heterocycles. The van der Waals surface area contributed by atoms with Crippen LogP contribution in [0.2, 0.25) is 0 Å². The van der Waals surface area contributed by atoms with Gasteiger partial charge in [0, 0.05) is 13.0 Å². The van der Waals surface area contributed by atoms with Gasteiger partial charge in [-0.25, -0.2) is 4.18 Å². The van der Waals surface area contributed by atoms with Crippen molar-refractivity contribution in [3.05, 3.63) is 36.5 Å². The number of rotatable bonds is 55. The highest BCUT2D eigenvalue weighted by Gasteiger charge is 2.48. The summed E-state index contributed by atoms with van der Waals surface area (Å²) in [5, 5.41) is 30.9. The van der Waals surface area contributed by atoms with E-state index < -0.39 is 59.8 Å². The molecule has 0 amide bonds. The van der Waals surface area contributed by atoms with Gasteiger partial charge in [-0.15, -0.1) is 0 Å². The molecule has 0 spiro atoms. The molecule has 0 saturated carbocycles. The highest BCUT2D eigenvalue weighted by Crippen LogP contribution is 2.26. The zero-order valence-electron chi connectivity index (χ0n) is 47.4. The van der Waals surface area contributed by atoms with E-state index in [1.54, 1.807) is 0 Å². The SMILES string of the molecule is CCCCCCC/C=C\C/C=C\CCCCCCCCCCCCCC(=O)OC(COCCCCCCCCCCCCCC/C=C\CCCCCCCCCC)COC1OC(CO)C(O)C(OS(=O)(=O)O)C1O. The van der Waals surface area contributed by atoms with E-state index in [9.17, 15) is 33.1 Å². The quantitative estimate of drug-likeness (QED) is 0.0196. The van der Waals surface area contributed by atoms with E-state index in [0.717, 1.165) is 44.9 Å². The number of allylic oxidation sites excluding steroid dienone is 6. The molecular formula is C61H114O12S. The van der Waals surface area contributed by atoms with Crippen LogP contribution in [0.5, 0.6) is 0 Å². The summed E-state index contributed by atoms with van der Waals surface area (Å²) in [6, 6.07) is 0. The second-order valence-electron chi connectivity index (χ2n) is 21.3. The molecule has 0 aromatic rings. The van der Waals surface area contributed by atoms with Crippen LogP contribution in [0.3, 0.4) is 0 Å². The standard InChI is InChI=1S/C61H114O12S/c1-3-5-7-9-11-13-15-17-19-21-23-25-27-29-31-33-35-37-39-41-43-45-47-49-51-69-53-55(54-70-61-59(65)60(73-74(66,67)68)58(64)56(52-62)72-61)71-57(63)50-48-46-44-42-40-38-36-34-32-30-28-26-24-22-20-18-16-14-12-10-8-6-4-2/h16,18,21-24,55-56,58-62,64-65H,3-15,17,19-20,25-54H2,1-2H3,(H,66,67,68)/b18-16-,23-21-,24-22-. The van der Waals surface area contributed by atoms with Crippen molar-refractivity contribution >= 4 is 16.4 Å². The molecular weight excluding hydrogens is 957 g/mol. The lowest BCUT2D eigenvalue weighted by atomic mass is 9.99. The number of ether oxygens (including phenoxy) is 4. The summed E-state index contributed by atoms with van der Waals surface area (Å²) in [4.78, 5) is 13.0. The Labute approximate surface area is 454 Å². The van der Waals surface area contributed by atoms with Crippen LogP contribution in [0.15, 0.2) is 36.5 Å². The van der Waals surface area contributed by atoms with Crippen molar-refractivity contribution in [2.45, 2.75) is 320 Å². The first-order valence-corrected chi connectivity index (χ1v) is 32.1. The average Bonchev–Trinajstić information content (AvgIpc) is 3.38. The van der Waals surface area contributed by atoms with Crippen LogP contribution >= 0.6 is 0 Å². The van der Waals surface area contributed by atoms with E-state index in [1.165, 1.54) is 212 Å². The summed E-state index contributed by atoms with van der Waals surface area (Å²) >= 11 is 0. The molecule has 0 bridgehead atoms. The Morgan fingerprint density at radius 1 is 0.514 bits per heavy atom. The molecule has 13 heteroatoms. The van der Waals surface area contributed by atoms with Crippen molar-refractivity contribution in [1.82, 2.24) is 0 Å². The Balaban J connectivity index is 2.26. The van der Waals surface area contributed by atoms with Crippen molar-refractivity contribution in [2.75, 3.05) is 26.4 Å². The first kappa shape index (κ1) is 70.3. The van der Waals surface area contributed by atoms with Gasteiger partial charge in [-0.2, -0.15) is 8.42 Å². The Bertz CT molecular complexity index is 1420. The van der Waals surface area contributed by atoms with Crippen LogP contribution in [0.25, 0.3) is 0 Å². The summed E-state index contributed by atoms with van der Waals surface area (Å²) in [7, 11) is -5.07. The van der Waals surface area contributed by atoms with Crippen LogP contribution in [-0.4, -0.2) is 97.5 Å². The molecule has 1 rings (SSSR count). The van der Waals surface area contributed by atoms with Gasteiger partial charge in [0.15, 0.2) is 6.29 Å². The van der Waals surface area contributed by atoms with Crippen LogP contribution in [0, 0.1) is 0 Å². The lowest BCUT2D eigenvalue weighted by Crippen LogP contribution is -2.60. The smallest absolute Gasteiger partial charge is 0.397 e. The first-order chi connectivity index (χ1) is 36.1. The number of hydrogen-bond donors (Lipinski definition) is 4. The maximum atomic E-state index is 13.0. The Morgan fingerprint density at radius 2 is 0.892 bits per heavy atom. The third kappa shape index (κ3) is 44.3. The summed E-state index contributed by atoms with van der Waals surface area (Å²) in [6.45, 7) is 4.04. The van der Waals surface area contributed by atoms with E-state index in [4.69, 9.17) is 18.9 Å². The van der Waals surface area contributed by atoms with Gasteiger partial charge in [-0.1, -0.05) is 243 Å². The van der Waals surface area contributed by atoms with E-state index in [2.05, 4.69) is 54.5 Å². The Kier molecular flexibility index (Phi) is 49.5. The predicted octanol–water partition coefficient (Wildman–Crippen LogP) is 15.7. The van der Waals surface area contributed by atoms with Gasteiger partial charge in [-0.05, 0) is 70.6 Å². The third-order valence-electron chi connectivity index (χ3n) is 14.2. The minimum atomic E-state index is -5.07. The van der Waals surface area contributed by atoms with E-state index in [0.29, 0.717) is 13.0 Å². The molecule has 0 radical (unpaired) electrons. The molecule has 436 valence electrons. The molecule has 74 heavy (non-hydrogen) atoms. The normalized spacial score (nSPS) is 18.9. The highest BCUT2D eigenvalue weighted by atomic mass is 32.3. The number of carbonyl (C=O) groups excluding carboxylic acids is 1. The fraction of sp³-hybridized carbons (Fsp3) is 0.885. The zero-order valence-corrected chi connectivity index (χ0v) is 48.2. The molecule has 12 nitrogen and oxygen atoms in total. The van der Waals surface area contributed by atoms with Crippen molar-refractivity contribution in [3.8, 4) is 0 Å². The lowest BCUT2D eigenvalue weighted by molar-refractivity contribution is -0.301. The van der Waals surface area contributed by atoms with Crippen molar-refractivity contribution < 1.29 is 56.2 Å². The molecule has 1 fully saturated rings. The number of unbranched alkanes of at least 4 members (excludes halogenated alkanes) is 36. The van der Waals surface area contributed by atoms with Crippen LogP contribution in [-0.2, 0) is 38.3 Å². The topological polar surface area (TPSA) is 178 Å². The number of aliphatic hydroxyl groups is 3. The van der Waals surface area contributed by atoms with E-state index in [-0.39, 0.29) is 19.6 Å². The Hall–Kier alpha value is -1.68. The summed E-state index contributed by atoms with van der Waals surface area (Å²) < 4.78 is 59.5. The fourth-order valence-corrected chi connectivity index (χ4v) is 10.1. The zero-order chi connectivity index (χ0) is 53.8. The number of carbonyl (C=O) groups is 1. The van der Waals surface area contributed by atoms with Crippen molar-refractivity contribution in [2.24, 2.45) is 0 Å². The van der Waals surface area contributed by atoms with Gasteiger partial charge < -0.3 is 34.3 Å². The predicted molar refractivity (Wildman–Crippen MR) is 304 cm³/mol. The van der Waals surface area contributed by atoms with Gasteiger partial charge in [0.1, 0.15) is 30.5 Å². The second kappa shape index (κ2) is 52.0. The number of aliphatic hydroxyl groups excluding tert-OH is 3. The maximum Gasteiger partial charge on any atom is 0.397 e. The van der Waals surface area contributed by atoms with Gasteiger partial charge in [0.05, 0.1) is 19.8 Å². The largest absolute Gasteiger partial charge is 0.457 e. The highest BCUT2D eigenvalue weighted by molar-refractivity contribution is 7.80. The van der Waals surface area contributed by atoms with Gasteiger partial charge >= 0.3 is 16.4 Å². The molecule has 0 aromatic heterocycles. The lowest BCUT2D eigenvalue weighted by Gasteiger charge is -2.41. The molecule has 0 aromatic carbocycles. The average molecular weight is 1070 g/mol. The molecule has 0 aliphatic carbocycles. The summed E-state index contributed by atoms with van der Waals surface area (Å²) in [5.41, 5.74) is 0. The van der Waals surface area contributed by atoms with Crippen LogP contribution in [0.4, 0.5) is 0 Å². The van der Waals surface area contributed by atoms with Crippen molar-refractivity contribution in [1.29, 1.82) is 0 Å². The van der Waals surface area contributed by atoms with Crippen LogP contribution in [0.1, 0.15) is 284 Å². The monoisotopic (exact) mass is 1070 g/mol. The van der Waals surface area contributed by atoms with E-state index >= 15 is 0 Å². The molecule has 1 aliphatic heterocycles.